The lowest BCUT2D eigenvalue weighted by atomic mass is 10.1. The standard InChI is InChI=1S/C22H22N2O3/c1-4-19-17(15-7-5-6-8-20(15)27-19)12-23(3)13-24-18-10-9-14(2)11-16(18)21(25)22(24)26/h5-11H,4,12-13H2,1-3H3/p+1. The summed E-state index contributed by atoms with van der Waals surface area (Å²) >= 11 is 0. The second kappa shape index (κ2) is 6.67. The van der Waals surface area contributed by atoms with E-state index in [1.807, 2.05) is 44.3 Å². The Morgan fingerprint density at radius 2 is 1.89 bits per heavy atom. The molecule has 2 heterocycles. The fourth-order valence-corrected chi connectivity index (χ4v) is 3.83. The van der Waals surface area contributed by atoms with Crippen molar-refractivity contribution < 1.29 is 18.9 Å². The molecule has 0 bridgehead atoms. The van der Waals surface area contributed by atoms with Crippen molar-refractivity contribution in [3.63, 3.8) is 0 Å². The van der Waals surface area contributed by atoms with Crippen LogP contribution in [-0.4, -0.2) is 25.4 Å². The van der Waals surface area contributed by atoms with Crippen molar-refractivity contribution in [2.24, 2.45) is 0 Å². The number of para-hydroxylation sites is 1. The Bertz CT molecular complexity index is 1050. The van der Waals surface area contributed by atoms with Crippen LogP contribution in [0.2, 0.25) is 0 Å². The van der Waals surface area contributed by atoms with E-state index in [9.17, 15) is 9.59 Å². The number of aryl methyl sites for hydroxylation is 2. The molecule has 0 saturated heterocycles. The minimum absolute atomic E-state index is 0.412. The zero-order valence-corrected chi connectivity index (χ0v) is 15.8. The van der Waals surface area contributed by atoms with Gasteiger partial charge < -0.3 is 9.32 Å². The number of fused-ring (bicyclic) bond motifs is 2. The maximum Gasteiger partial charge on any atom is 0.303 e. The van der Waals surface area contributed by atoms with Crippen molar-refractivity contribution in [1.82, 2.24) is 0 Å². The van der Waals surface area contributed by atoms with Gasteiger partial charge in [-0.25, -0.2) is 0 Å². The van der Waals surface area contributed by atoms with Gasteiger partial charge in [0.1, 0.15) is 17.9 Å². The molecule has 1 aromatic heterocycles. The molecule has 0 radical (unpaired) electrons. The molecule has 1 atom stereocenters. The summed E-state index contributed by atoms with van der Waals surface area (Å²) in [4.78, 5) is 27.5. The van der Waals surface area contributed by atoms with E-state index in [1.54, 1.807) is 11.0 Å². The molecule has 0 saturated carbocycles. The van der Waals surface area contributed by atoms with Gasteiger partial charge in [0.25, 0.3) is 5.78 Å². The number of carbonyl (C=O) groups is 2. The Labute approximate surface area is 158 Å². The van der Waals surface area contributed by atoms with Gasteiger partial charge in [0, 0.05) is 11.8 Å². The SMILES string of the molecule is CCc1oc2ccccc2c1C[NH+](C)CN1C(=O)C(=O)c2cc(C)ccc21. The highest BCUT2D eigenvalue weighted by molar-refractivity contribution is 6.52. The molecular formula is C22H23N2O3+. The molecule has 1 unspecified atom stereocenters. The number of anilines is 1. The van der Waals surface area contributed by atoms with Gasteiger partial charge >= 0.3 is 5.91 Å². The van der Waals surface area contributed by atoms with E-state index in [0.29, 0.717) is 17.9 Å². The quantitative estimate of drug-likeness (QED) is 0.709. The number of Topliss-reactive ketones (excluding diaryl/α,β-unsaturated/α-hetero) is 1. The summed E-state index contributed by atoms with van der Waals surface area (Å²) in [6.07, 6.45) is 0.820. The van der Waals surface area contributed by atoms with Crippen LogP contribution < -0.4 is 9.80 Å². The monoisotopic (exact) mass is 363 g/mol. The van der Waals surface area contributed by atoms with E-state index in [-0.39, 0.29) is 0 Å². The fourth-order valence-electron chi connectivity index (χ4n) is 3.83. The molecule has 1 aliphatic rings. The third-order valence-corrected chi connectivity index (χ3v) is 5.14. The van der Waals surface area contributed by atoms with E-state index >= 15 is 0 Å². The summed E-state index contributed by atoms with van der Waals surface area (Å²) in [5, 5.41) is 1.12. The van der Waals surface area contributed by atoms with Crippen LogP contribution in [0.3, 0.4) is 0 Å². The summed E-state index contributed by atoms with van der Waals surface area (Å²) in [5.41, 5.74) is 4.27. The maximum atomic E-state index is 12.5. The van der Waals surface area contributed by atoms with Crippen LogP contribution in [0.5, 0.6) is 0 Å². The zero-order chi connectivity index (χ0) is 19.1. The minimum atomic E-state index is -0.442. The Morgan fingerprint density at radius 1 is 1.11 bits per heavy atom. The van der Waals surface area contributed by atoms with Crippen LogP contribution in [0.15, 0.2) is 46.9 Å². The molecular weight excluding hydrogens is 340 g/mol. The van der Waals surface area contributed by atoms with Gasteiger partial charge in [-0.1, -0.05) is 36.8 Å². The number of hydrogen-bond donors (Lipinski definition) is 1. The van der Waals surface area contributed by atoms with Gasteiger partial charge in [-0.15, -0.1) is 0 Å². The van der Waals surface area contributed by atoms with Gasteiger partial charge in [0.2, 0.25) is 0 Å². The van der Waals surface area contributed by atoms with E-state index < -0.39 is 11.7 Å². The van der Waals surface area contributed by atoms with Crippen molar-refractivity contribution in [2.75, 3.05) is 18.6 Å². The first-order valence-electron chi connectivity index (χ1n) is 9.27. The first-order valence-corrected chi connectivity index (χ1v) is 9.27. The Kier molecular flexibility index (Phi) is 4.32. The first-order chi connectivity index (χ1) is 13.0. The summed E-state index contributed by atoms with van der Waals surface area (Å²) in [6.45, 7) is 5.16. The van der Waals surface area contributed by atoms with E-state index in [0.717, 1.165) is 40.2 Å². The van der Waals surface area contributed by atoms with Gasteiger partial charge in [-0.3, -0.25) is 14.5 Å². The third kappa shape index (κ3) is 2.94. The van der Waals surface area contributed by atoms with Crippen molar-refractivity contribution in [1.29, 1.82) is 0 Å². The minimum Gasteiger partial charge on any atom is -0.461 e. The fraction of sp³-hybridized carbons (Fsp3) is 0.273. The summed E-state index contributed by atoms with van der Waals surface area (Å²) < 4.78 is 5.98. The average Bonchev–Trinajstić information content (AvgIpc) is 3.12. The predicted molar refractivity (Wildman–Crippen MR) is 104 cm³/mol. The Balaban J connectivity index is 1.60. The number of amides is 1. The molecule has 1 N–H and O–H groups in total. The third-order valence-electron chi connectivity index (χ3n) is 5.14. The number of benzene rings is 2. The molecule has 5 heteroatoms. The lowest BCUT2D eigenvalue weighted by Gasteiger charge is -2.22. The van der Waals surface area contributed by atoms with E-state index in [2.05, 4.69) is 13.0 Å². The van der Waals surface area contributed by atoms with Crippen molar-refractivity contribution in [2.45, 2.75) is 26.8 Å². The van der Waals surface area contributed by atoms with Crippen molar-refractivity contribution in [3.8, 4) is 0 Å². The molecule has 2 aromatic carbocycles. The van der Waals surface area contributed by atoms with Crippen LogP contribution >= 0.6 is 0 Å². The molecule has 5 nitrogen and oxygen atoms in total. The van der Waals surface area contributed by atoms with Gasteiger partial charge in [-0.05, 0) is 25.1 Å². The number of carbonyl (C=O) groups excluding carboxylic acids is 2. The van der Waals surface area contributed by atoms with Gasteiger partial charge in [0.05, 0.1) is 23.9 Å². The lowest BCUT2D eigenvalue weighted by molar-refractivity contribution is -0.892. The Hall–Kier alpha value is -2.92. The highest BCUT2D eigenvalue weighted by Gasteiger charge is 2.37. The molecule has 3 aromatic rings. The second-order valence-corrected chi connectivity index (χ2v) is 7.23. The first kappa shape index (κ1) is 17.5. The van der Waals surface area contributed by atoms with Crippen LogP contribution in [0.25, 0.3) is 11.0 Å². The number of rotatable bonds is 5. The van der Waals surface area contributed by atoms with Crippen LogP contribution in [0, 0.1) is 6.92 Å². The summed E-state index contributed by atoms with van der Waals surface area (Å²) in [6, 6.07) is 13.6. The number of nitrogens with zero attached hydrogens (tertiary/aromatic N) is 1. The lowest BCUT2D eigenvalue weighted by Crippen LogP contribution is -3.09. The van der Waals surface area contributed by atoms with Crippen molar-refractivity contribution >= 4 is 28.3 Å². The smallest absolute Gasteiger partial charge is 0.303 e. The number of quaternary nitrogens is 1. The molecule has 138 valence electrons. The molecule has 0 aliphatic carbocycles. The largest absolute Gasteiger partial charge is 0.461 e. The number of ketones is 1. The predicted octanol–water partition coefficient (Wildman–Crippen LogP) is 2.51. The number of nitrogens with one attached hydrogen (secondary N) is 1. The summed E-state index contributed by atoms with van der Waals surface area (Å²) in [5.74, 6) is 0.127. The van der Waals surface area contributed by atoms with Crippen LogP contribution in [-0.2, 0) is 17.8 Å². The number of hydrogen-bond acceptors (Lipinski definition) is 3. The van der Waals surface area contributed by atoms with Crippen LogP contribution in [0.1, 0.15) is 34.2 Å². The molecule has 1 aliphatic heterocycles. The Morgan fingerprint density at radius 3 is 2.67 bits per heavy atom. The van der Waals surface area contributed by atoms with Gasteiger partial charge in [0.15, 0.2) is 6.67 Å². The van der Waals surface area contributed by atoms with Crippen molar-refractivity contribution in [3.05, 3.63) is 64.9 Å². The second-order valence-electron chi connectivity index (χ2n) is 7.23. The molecule has 4 rings (SSSR count). The highest BCUT2D eigenvalue weighted by Crippen LogP contribution is 2.29. The van der Waals surface area contributed by atoms with Gasteiger partial charge in [-0.2, -0.15) is 0 Å². The zero-order valence-electron chi connectivity index (χ0n) is 15.8. The molecule has 27 heavy (non-hydrogen) atoms. The maximum absolute atomic E-state index is 12.5. The molecule has 1 amide bonds. The molecule has 0 fully saturated rings. The highest BCUT2D eigenvalue weighted by atomic mass is 16.3. The number of furan rings is 1. The van der Waals surface area contributed by atoms with Crippen LogP contribution in [0.4, 0.5) is 5.69 Å². The average molecular weight is 363 g/mol. The van der Waals surface area contributed by atoms with E-state index in [4.69, 9.17) is 4.42 Å². The normalized spacial score (nSPS) is 14.9. The van der Waals surface area contributed by atoms with E-state index in [1.165, 1.54) is 5.56 Å². The topological polar surface area (TPSA) is 55.0 Å². The summed E-state index contributed by atoms with van der Waals surface area (Å²) in [7, 11) is 2.03. The molecule has 0 spiro atoms.